The summed E-state index contributed by atoms with van der Waals surface area (Å²) in [7, 11) is 0. The van der Waals surface area contributed by atoms with E-state index in [4.69, 9.17) is 0 Å². The number of fused-ring (bicyclic) bond motifs is 1. The molecule has 1 heterocycles. The molecule has 194 valence electrons. The summed E-state index contributed by atoms with van der Waals surface area (Å²) < 4.78 is 14.0. The first kappa shape index (κ1) is 25.1. The summed E-state index contributed by atoms with van der Waals surface area (Å²) in [4.78, 5) is 24.7. The summed E-state index contributed by atoms with van der Waals surface area (Å²) in [5.74, 6) is -2.79. The Labute approximate surface area is 219 Å². The largest absolute Gasteiger partial charge is 0.505 e. The van der Waals surface area contributed by atoms with Crippen LogP contribution in [0.5, 0.6) is 5.75 Å². The Morgan fingerprint density at radius 2 is 1.82 bits per heavy atom. The van der Waals surface area contributed by atoms with E-state index in [1.165, 1.54) is 17.1 Å². The van der Waals surface area contributed by atoms with Gasteiger partial charge in [-0.15, -0.1) is 0 Å². The van der Waals surface area contributed by atoms with Crippen LogP contribution in [-0.2, 0) is 17.6 Å². The molecule has 3 N–H and O–H groups in total. The summed E-state index contributed by atoms with van der Waals surface area (Å²) >= 11 is 0. The normalized spacial score (nSPS) is 16.0. The number of aromatic hydroxyl groups is 1. The van der Waals surface area contributed by atoms with Gasteiger partial charge in [-0.3, -0.25) is 10.2 Å². The topological polar surface area (TPSA) is 115 Å². The van der Waals surface area contributed by atoms with Crippen molar-refractivity contribution in [1.29, 1.82) is 0 Å². The van der Waals surface area contributed by atoms with Gasteiger partial charge in [-0.2, -0.15) is 15.2 Å². The third kappa shape index (κ3) is 4.40. The average Bonchev–Trinajstić information content (AvgIpc) is 3.18. The van der Waals surface area contributed by atoms with E-state index in [9.17, 15) is 24.2 Å². The Hall–Kier alpha value is -4.53. The molecule has 0 saturated heterocycles. The maximum atomic E-state index is 14.0. The number of hydrogen-bond donors (Lipinski definition) is 3. The van der Waals surface area contributed by atoms with Gasteiger partial charge in [-0.25, -0.2) is 9.18 Å². The Morgan fingerprint density at radius 3 is 2.55 bits per heavy atom. The van der Waals surface area contributed by atoms with Crippen molar-refractivity contribution in [3.63, 3.8) is 0 Å². The smallest absolute Gasteiger partial charge is 0.338 e. The molecule has 3 aromatic rings. The van der Waals surface area contributed by atoms with Crippen molar-refractivity contribution in [1.82, 2.24) is 0 Å². The number of benzene rings is 3. The highest BCUT2D eigenvalue weighted by Gasteiger charge is 2.31. The van der Waals surface area contributed by atoms with Gasteiger partial charge in [0.1, 0.15) is 17.3 Å². The highest BCUT2D eigenvalue weighted by atomic mass is 19.1. The number of nitrogens with zero attached hydrogens (tertiary/aromatic N) is 3. The summed E-state index contributed by atoms with van der Waals surface area (Å²) in [5, 5.41) is 30.7. The van der Waals surface area contributed by atoms with Gasteiger partial charge in [0, 0.05) is 5.56 Å². The van der Waals surface area contributed by atoms with Crippen LogP contribution in [0, 0.1) is 19.7 Å². The average molecular weight is 515 g/mol. The molecule has 0 bridgehead atoms. The van der Waals surface area contributed by atoms with Crippen molar-refractivity contribution in [2.45, 2.75) is 46.5 Å². The number of amides is 1. The minimum Gasteiger partial charge on any atom is -0.505 e. The second-order valence-corrected chi connectivity index (χ2v) is 9.64. The van der Waals surface area contributed by atoms with Crippen LogP contribution >= 0.6 is 0 Å². The van der Waals surface area contributed by atoms with Crippen molar-refractivity contribution < 1.29 is 24.2 Å². The highest BCUT2D eigenvalue weighted by Crippen LogP contribution is 2.43. The number of carbonyl (C=O) groups is 2. The SMILES string of the molecule is CC1=NN(c2ccc(C)c(C)c2)C(=O)/C1=N\Nc1c(O)c(-c2ccc(F)c(C(=O)O)c2)cc2c1CCCC2. The molecule has 0 radical (unpaired) electrons. The van der Waals surface area contributed by atoms with E-state index in [2.05, 4.69) is 15.6 Å². The molecule has 0 aromatic heterocycles. The lowest BCUT2D eigenvalue weighted by Crippen LogP contribution is -2.28. The molecule has 9 heteroatoms. The number of aryl methyl sites for hydroxylation is 3. The number of phenolic OH excluding ortho intramolecular Hbond substituents is 1. The van der Waals surface area contributed by atoms with Crippen LogP contribution in [0.2, 0.25) is 0 Å². The van der Waals surface area contributed by atoms with E-state index in [-0.39, 0.29) is 11.5 Å². The van der Waals surface area contributed by atoms with Crippen molar-refractivity contribution >= 4 is 34.7 Å². The van der Waals surface area contributed by atoms with Gasteiger partial charge in [0.25, 0.3) is 0 Å². The number of aromatic carboxylic acids is 1. The summed E-state index contributed by atoms with van der Waals surface area (Å²) in [5.41, 5.74) is 8.68. The van der Waals surface area contributed by atoms with Crippen molar-refractivity contribution in [2.75, 3.05) is 10.4 Å². The van der Waals surface area contributed by atoms with E-state index in [0.717, 1.165) is 47.6 Å². The molecule has 0 fully saturated rings. The maximum Gasteiger partial charge on any atom is 0.338 e. The Morgan fingerprint density at radius 1 is 1.05 bits per heavy atom. The molecule has 0 spiro atoms. The lowest BCUT2D eigenvalue weighted by Gasteiger charge is -2.22. The van der Waals surface area contributed by atoms with E-state index >= 15 is 0 Å². The molecule has 1 aliphatic heterocycles. The lowest BCUT2D eigenvalue weighted by molar-refractivity contribution is -0.112. The summed E-state index contributed by atoms with van der Waals surface area (Å²) in [6, 6.07) is 11.2. The first-order valence-corrected chi connectivity index (χ1v) is 12.4. The third-order valence-corrected chi connectivity index (χ3v) is 7.13. The molecule has 0 unspecified atom stereocenters. The maximum absolute atomic E-state index is 14.0. The number of hydrazone groups is 2. The third-order valence-electron chi connectivity index (χ3n) is 7.13. The first-order chi connectivity index (χ1) is 18.2. The van der Waals surface area contributed by atoms with Gasteiger partial charge in [-0.1, -0.05) is 12.1 Å². The number of carboxylic acids is 1. The van der Waals surface area contributed by atoms with Crippen LogP contribution in [0.3, 0.4) is 0 Å². The Bertz CT molecular complexity index is 1560. The zero-order valence-corrected chi connectivity index (χ0v) is 21.3. The summed E-state index contributed by atoms with van der Waals surface area (Å²) in [6.07, 6.45) is 3.36. The minimum absolute atomic E-state index is 0.118. The number of nitrogens with one attached hydrogen (secondary N) is 1. The Balaban J connectivity index is 1.54. The predicted octanol–water partition coefficient (Wildman–Crippen LogP) is 5.58. The zero-order chi connectivity index (χ0) is 27.1. The quantitative estimate of drug-likeness (QED) is 0.304. The molecule has 38 heavy (non-hydrogen) atoms. The van der Waals surface area contributed by atoms with Crippen LogP contribution in [-0.4, -0.2) is 33.5 Å². The van der Waals surface area contributed by atoms with Crippen molar-refractivity contribution in [3.8, 4) is 16.9 Å². The number of hydrogen-bond acceptors (Lipinski definition) is 6. The number of rotatable bonds is 5. The molecule has 1 amide bonds. The lowest BCUT2D eigenvalue weighted by atomic mass is 9.86. The van der Waals surface area contributed by atoms with Crippen LogP contribution in [0.15, 0.2) is 52.7 Å². The summed E-state index contributed by atoms with van der Waals surface area (Å²) in [6.45, 7) is 5.65. The first-order valence-electron chi connectivity index (χ1n) is 12.4. The van der Waals surface area contributed by atoms with Gasteiger partial charge in [-0.05, 0) is 105 Å². The molecule has 2 aliphatic rings. The number of phenols is 1. The van der Waals surface area contributed by atoms with Crippen LogP contribution in [0.4, 0.5) is 15.8 Å². The number of halogens is 1. The van der Waals surface area contributed by atoms with Gasteiger partial charge < -0.3 is 10.2 Å². The number of carboxylic acid groups (broad SMARTS) is 1. The van der Waals surface area contributed by atoms with E-state index in [1.54, 1.807) is 6.92 Å². The molecular weight excluding hydrogens is 487 g/mol. The van der Waals surface area contributed by atoms with Gasteiger partial charge >= 0.3 is 11.9 Å². The second-order valence-electron chi connectivity index (χ2n) is 9.64. The molecule has 1 aliphatic carbocycles. The fourth-order valence-corrected chi connectivity index (χ4v) is 4.86. The monoisotopic (exact) mass is 514 g/mol. The minimum atomic E-state index is -1.39. The van der Waals surface area contributed by atoms with Crippen LogP contribution in [0.1, 0.15) is 52.4 Å². The second kappa shape index (κ2) is 9.74. The standard InChI is InChI=1S/C29H27FN4O4/c1-15-8-10-20(12-16(15)2)34-28(36)25(17(3)33-34)31-32-26-21-7-5-4-6-18(21)13-22(27(26)35)19-9-11-24(30)23(14-19)29(37)38/h8-14,32,35H,4-7H2,1-3H3,(H,37,38)/b31-25-. The highest BCUT2D eigenvalue weighted by molar-refractivity contribution is 6.71. The molecule has 8 nitrogen and oxygen atoms in total. The number of anilines is 2. The van der Waals surface area contributed by atoms with E-state index in [0.29, 0.717) is 34.6 Å². The fourth-order valence-electron chi connectivity index (χ4n) is 4.86. The zero-order valence-electron chi connectivity index (χ0n) is 21.3. The van der Waals surface area contributed by atoms with Gasteiger partial charge in [0.2, 0.25) is 0 Å². The van der Waals surface area contributed by atoms with Crippen LogP contribution in [0.25, 0.3) is 11.1 Å². The van der Waals surface area contributed by atoms with Crippen LogP contribution < -0.4 is 10.4 Å². The number of carbonyl (C=O) groups excluding carboxylic acids is 1. The molecule has 0 atom stereocenters. The van der Waals surface area contributed by atoms with E-state index < -0.39 is 23.3 Å². The Kier molecular flexibility index (Phi) is 6.44. The fraction of sp³-hybridized carbons (Fsp3) is 0.241. The van der Waals surface area contributed by atoms with Gasteiger partial charge in [0.05, 0.1) is 17.0 Å². The van der Waals surface area contributed by atoms with Crippen molar-refractivity contribution in [3.05, 3.63) is 76.1 Å². The molecule has 5 rings (SSSR count). The molecular formula is C29H27FN4O4. The predicted molar refractivity (Wildman–Crippen MR) is 145 cm³/mol. The van der Waals surface area contributed by atoms with Crippen molar-refractivity contribution in [2.24, 2.45) is 10.2 Å². The molecule has 0 saturated carbocycles. The van der Waals surface area contributed by atoms with E-state index in [1.807, 2.05) is 38.1 Å². The van der Waals surface area contributed by atoms with Gasteiger partial charge in [0.15, 0.2) is 5.71 Å². The molecule has 3 aromatic carbocycles.